The van der Waals surface area contributed by atoms with E-state index in [9.17, 15) is 9.59 Å². The van der Waals surface area contributed by atoms with E-state index >= 15 is 0 Å². The Hall–Kier alpha value is -1.88. The first-order valence-corrected chi connectivity index (χ1v) is 8.00. The molecule has 0 spiro atoms. The summed E-state index contributed by atoms with van der Waals surface area (Å²) < 4.78 is 0. The van der Waals surface area contributed by atoms with E-state index in [1.807, 2.05) is 44.2 Å². The van der Waals surface area contributed by atoms with Crippen LogP contribution in [0.15, 0.2) is 30.3 Å². The van der Waals surface area contributed by atoms with Gasteiger partial charge in [-0.15, -0.1) is 0 Å². The van der Waals surface area contributed by atoms with Crippen LogP contribution in [-0.4, -0.2) is 24.4 Å². The largest absolute Gasteiger partial charge is 0.347 e. The summed E-state index contributed by atoms with van der Waals surface area (Å²) in [5.74, 6) is -0.495. The summed E-state index contributed by atoms with van der Waals surface area (Å²) in [4.78, 5) is 24.0. The Morgan fingerprint density at radius 2 is 1.70 bits per heavy atom. The Kier molecular flexibility index (Phi) is 6.76. The summed E-state index contributed by atoms with van der Waals surface area (Å²) in [5.41, 5.74) is 6.66. The highest BCUT2D eigenvalue weighted by Gasteiger charge is 2.28. The van der Waals surface area contributed by atoms with Crippen LogP contribution in [0.25, 0.3) is 0 Å². The molecule has 0 heterocycles. The Morgan fingerprint density at radius 1 is 1.13 bits per heavy atom. The molecule has 1 unspecified atom stereocenters. The number of rotatable bonds is 6. The molecule has 5 heteroatoms. The summed E-state index contributed by atoms with van der Waals surface area (Å²) in [7, 11) is 0. The third kappa shape index (κ3) is 6.02. The lowest BCUT2D eigenvalue weighted by molar-refractivity contribution is -0.128. The molecule has 0 aromatic heterocycles. The van der Waals surface area contributed by atoms with Crippen molar-refractivity contribution in [2.45, 2.75) is 46.7 Å². The molecule has 0 saturated heterocycles. The standard InChI is InChI=1S/C18H29N3O2/c1-12(2)15(19)17(23)20-11-14(22)21-16(18(3,4)5)13-9-7-6-8-10-13/h6-10,12,15-16H,11,19H2,1-5H3,(H,20,23)(H,21,22)/t15-,16?/m0/s1. The molecule has 128 valence electrons. The minimum atomic E-state index is -0.602. The second-order valence-electron chi connectivity index (χ2n) is 7.26. The molecule has 0 bridgehead atoms. The number of benzene rings is 1. The quantitative estimate of drug-likeness (QED) is 0.749. The fourth-order valence-corrected chi connectivity index (χ4v) is 2.25. The van der Waals surface area contributed by atoms with E-state index in [2.05, 4.69) is 31.4 Å². The van der Waals surface area contributed by atoms with Gasteiger partial charge in [-0.25, -0.2) is 0 Å². The van der Waals surface area contributed by atoms with Crippen LogP contribution in [0.4, 0.5) is 0 Å². The van der Waals surface area contributed by atoms with Crippen molar-refractivity contribution in [3.05, 3.63) is 35.9 Å². The van der Waals surface area contributed by atoms with Crippen molar-refractivity contribution in [1.29, 1.82) is 0 Å². The van der Waals surface area contributed by atoms with Gasteiger partial charge in [-0.05, 0) is 16.9 Å². The fourth-order valence-electron chi connectivity index (χ4n) is 2.25. The first-order valence-electron chi connectivity index (χ1n) is 8.00. The Bertz CT molecular complexity index is 521. The van der Waals surface area contributed by atoms with Crippen molar-refractivity contribution in [3.8, 4) is 0 Å². The van der Waals surface area contributed by atoms with E-state index in [1.54, 1.807) is 0 Å². The smallest absolute Gasteiger partial charge is 0.239 e. The maximum atomic E-state index is 12.2. The van der Waals surface area contributed by atoms with E-state index in [4.69, 9.17) is 5.73 Å². The fraction of sp³-hybridized carbons (Fsp3) is 0.556. The zero-order valence-electron chi connectivity index (χ0n) is 14.7. The second kappa shape index (κ2) is 8.11. The van der Waals surface area contributed by atoms with Crippen molar-refractivity contribution >= 4 is 11.8 Å². The van der Waals surface area contributed by atoms with Gasteiger partial charge in [0.25, 0.3) is 0 Å². The van der Waals surface area contributed by atoms with Gasteiger partial charge in [-0.1, -0.05) is 65.0 Å². The Balaban J connectivity index is 2.67. The van der Waals surface area contributed by atoms with Crippen LogP contribution in [0.1, 0.15) is 46.2 Å². The molecule has 0 aliphatic carbocycles. The highest BCUT2D eigenvalue weighted by molar-refractivity contribution is 5.87. The van der Waals surface area contributed by atoms with Crippen molar-refractivity contribution < 1.29 is 9.59 Å². The second-order valence-corrected chi connectivity index (χ2v) is 7.26. The third-order valence-electron chi connectivity index (χ3n) is 3.75. The SMILES string of the molecule is CC(C)[C@H](N)C(=O)NCC(=O)NC(c1ccccc1)C(C)(C)C. The van der Waals surface area contributed by atoms with Crippen LogP contribution in [0, 0.1) is 11.3 Å². The van der Waals surface area contributed by atoms with Gasteiger partial charge in [0.2, 0.25) is 11.8 Å². The lowest BCUT2D eigenvalue weighted by Crippen LogP contribution is -2.48. The van der Waals surface area contributed by atoms with Gasteiger partial charge < -0.3 is 16.4 Å². The number of hydrogen-bond donors (Lipinski definition) is 3. The summed E-state index contributed by atoms with van der Waals surface area (Å²) >= 11 is 0. The maximum absolute atomic E-state index is 12.2. The van der Waals surface area contributed by atoms with Gasteiger partial charge in [0.05, 0.1) is 18.6 Å². The number of hydrogen-bond acceptors (Lipinski definition) is 3. The summed E-state index contributed by atoms with van der Waals surface area (Å²) in [6.45, 7) is 9.87. The molecule has 0 saturated carbocycles. The minimum absolute atomic E-state index is 0.0321. The van der Waals surface area contributed by atoms with Crippen molar-refractivity contribution in [3.63, 3.8) is 0 Å². The summed E-state index contributed by atoms with van der Waals surface area (Å²) in [6, 6.07) is 9.08. The van der Waals surface area contributed by atoms with Gasteiger partial charge in [0.15, 0.2) is 0 Å². The van der Waals surface area contributed by atoms with Gasteiger partial charge in [0, 0.05) is 0 Å². The molecule has 0 aliphatic rings. The van der Waals surface area contributed by atoms with Crippen molar-refractivity contribution in [1.82, 2.24) is 10.6 Å². The average Bonchev–Trinajstić information content (AvgIpc) is 2.49. The van der Waals surface area contributed by atoms with Crippen LogP contribution < -0.4 is 16.4 Å². The van der Waals surface area contributed by atoms with Gasteiger partial charge in [0.1, 0.15) is 0 Å². The van der Waals surface area contributed by atoms with Crippen LogP contribution >= 0.6 is 0 Å². The van der Waals surface area contributed by atoms with Crippen LogP contribution in [-0.2, 0) is 9.59 Å². The van der Waals surface area contributed by atoms with E-state index in [-0.39, 0.29) is 35.7 Å². The summed E-state index contributed by atoms with van der Waals surface area (Å²) in [5, 5.41) is 5.60. The minimum Gasteiger partial charge on any atom is -0.347 e. The lowest BCUT2D eigenvalue weighted by Gasteiger charge is -2.32. The van der Waals surface area contributed by atoms with Crippen molar-refractivity contribution in [2.24, 2.45) is 17.1 Å². The zero-order valence-corrected chi connectivity index (χ0v) is 14.7. The molecule has 23 heavy (non-hydrogen) atoms. The first-order chi connectivity index (χ1) is 10.6. The monoisotopic (exact) mass is 319 g/mol. The number of carbonyl (C=O) groups excluding carboxylic acids is 2. The molecule has 0 fully saturated rings. The van der Waals surface area contributed by atoms with E-state index < -0.39 is 6.04 Å². The van der Waals surface area contributed by atoms with E-state index in [1.165, 1.54) is 0 Å². The maximum Gasteiger partial charge on any atom is 0.239 e. The molecule has 1 aromatic rings. The van der Waals surface area contributed by atoms with Gasteiger partial charge >= 0.3 is 0 Å². The predicted octanol–water partition coefficient (Wildman–Crippen LogP) is 1.99. The molecular weight excluding hydrogens is 290 g/mol. The van der Waals surface area contributed by atoms with E-state index in [0.717, 1.165) is 5.56 Å². The number of amides is 2. The topological polar surface area (TPSA) is 84.2 Å². The molecule has 1 rings (SSSR count). The normalized spacial score (nSPS) is 14.2. The molecule has 2 atom stereocenters. The molecule has 1 aromatic carbocycles. The zero-order chi connectivity index (χ0) is 17.6. The lowest BCUT2D eigenvalue weighted by atomic mass is 9.82. The van der Waals surface area contributed by atoms with Crippen LogP contribution in [0.3, 0.4) is 0 Å². The Morgan fingerprint density at radius 3 is 2.17 bits per heavy atom. The third-order valence-corrected chi connectivity index (χ3v) is 3.75. The molecular formula is C18H29N3O2. The number of nitrogens with one attached hydrogen (secondary N) is 2. The highest BCUT2D eigenvalue weighted by atomic mass is 16.2. The van der Waals surface area contributed by atoms with E-state index in [0.29, 0.717) is 0 Å². The molecule has 0 radical (unpaired) electrons. The molecule has 0 aliphatic heterocycles. The Labute approximate surface area is 139 Å². The average molecular weight is 319 g/mol. The predicted molar refractivity (Wildman–Crippen MR) is 92.6 cm³/mol. The molecule has 5 nitrogen and oxygen atoms in total. The number of nitrogens with two attached hydrogens (primary N) is 1. The first kappa shape index (κ1) is 19.2. The number of carbonyl (C=O) groups is 2. The van der Waals surface area contributed by atoms with Crippen LogP contribution in [0.2, 0.25) is 0 Å². The van der Waals surface area contributed by atoms with Crippen LogP contribution in [0.5, 0.6) is 0 Å². The summed E-state index contributed by atoms with van der Waals surface area (Å²) in [6.07, 6.45) is 0. The van der Waals surface area contributed by atoms with Gasteiger partial charge in [-0.3, -0.25) is 9.59 Å². The molecule has 2 amide bonds. The van der Waals surface area contributed by atoms with Crippen molar-refractivity contribution in [2.75, 3.05) is 6.54 Å². The molecule has 4 N–H and O–H groups in total. The highest BCUT2D eigenvalue weighted by Crippen LogP contribution is 2.32. The van der Waals surface area contributed by atoms with Gasteiger partial charge in [-0.2, -0.15) is 0 Å².